The molecule has 2 heterocycles. The van der Waals surface area contributed by atoms with Crippen molar-refractivity contribution in [2.75, 3.05) is 0 Å². The molecule has 17 heavy (non-hydrogen) atoms. The minimum Gasteiger partial charge on any atom is -0.304 e. The van der Waals surface area contributed by atoms with Gasteiger partial charge in [-0.1, -0.05) is 0 Å². The van der Waals surface area contributed by atoms with Gasteiger partial charge in [0.15, 0.2) is 0 Å². The lowest BCUT2D eigenvalue weighted by atomic mass is 10.2. The van der Waals surface area contributed by atoms with E-state index in [9.17, 15) is 0 Å². The van der Waals surface area contributed by atoms with E-state index in [0.717, 1.165) is 18.1 Å². The minimum atomic E-state index is 0.319. The molecule has 1 atom stereocenters. The Hall–Kier alpha value is -0.780. The van der Waals surface area contributed by atoms with Crippen LogP contribution in [0.3, 0.4) is 0 Å². The summed E-state index contributed by atoms with van der Waals surface area (Å²) in [5, 5.41) is 5.55. The van der Waals surface area contributed by atoms with E-state index in [1.165, 1.54) is 9.35 Å². The zero-order valence-corrected chi connectivity index (χ0v) is 12.2. The molecule has 0 radical (unpaired) electrons. The summed E-state index contributed by atoms with van der Waals surface area (Å²) in [6.07, 6.45) is 1.80. The molecule has 5 heteroatoms. The quantitative estimate of drug-likeness (QED) is 0.939. The highest BCUT2D eigenvalue weighted by Crippen LogP contribution is 2.28. The predicted octanol–water partition coefficient (Wildman–Crippen LogP) is 3.46. The van der Waals surface area contributed by atoms with Gasteiger partial charge in [0.25, 0.3) is 0 Å². The number of hydrogen-bond donors (Lipinski definition) is 1. The summed E-state index contributed by atoms with van der Waals surface area (Å²) in [4.78, 5) is 9.77. The largest absolute Gasteiger partial charge is 0.304 e. The highest BCUT2D eigenvalue weighted by atomic mass is 79.9. The van der Waals surface area contributed by atoms with Crippen molar-refractivity contribution in [3.63, 3.8) is 0 Å². The average molecular weight is 312 g/mol. The molecular formula is C12H14BrN3S. The van der Waals surface area contributed by atoms with Gasteiger partial charge in [-0.2, -0.15) is 0 Å². The first kappa shape index (κ1) is 12.7. The molecule has 2 aromatic heterocycles. The summed E-state index contributed by atoms with van der Waals surface area (Å²) in [7, 11) is 0. The molecule has 0 fully saturated rings. The van der Waals surface area contributed by atoms with E-state index in [0.29, 0.717) is 6.04 Å². The first-order chi connectivity index (χ1) is 8.16. The summed E-state index contributed by atoms with van der Waals surface area (Å²) in [6, 6.07) is 4.34. The smallest absolute Gasteiger partial charge is 0.125 e. The van der Waals surface area contributed by atoms with Gasteiger partial charge in [0.1, 0.15) is 5.82 Å². The van der Waals surface area contributed by atoms with Gasteiger partial charge in [-0.25, -0.2) is 9.97 Å². The molecular weight excluding hydrogens is 298 g/mol. The van der Waals surface area contributed by atoms with E-state index in [1.807, 2.05) is 13.0 Å². The Labute approximate surface area is 113 Å². The van der Waals surface area contributed by atoms with Gasteiger partial charge in [-0.05, 0) is 47.3 Å². The Morgan fingerprint density at radius 1 is 1.47 bits per heavy atom. The van der Waals surface area contributed by atoms with Gasteiger partial charge in [0.2, 0.25) is 0 Å². The molecule has 0 spiro atoms. The molecule has 0 aliphatic heterocycles. The van der Waals surface area contributed by atoms with Crippen molar-refractivity contribution in [2.45, 2.75) is 26.4 Å². The van der Waals surface area contributed by atoms with Gasteiger partial charge in [0.05, 0.1) is 5.69 Å². The molecule has 1 unspecified atom stereocenters. The van der Waals surface area contributed by atoms with Gasteiger partial charge < -0.3 is 5.32 Å². The standard InChI is InChI=1S/C12H14BrN3S/c1-8(12-11(13)4-6-17-12)15-7-10-3-5-14-9(2)16-10/h3-6,8,15H,7H2,1-2H3. The molecule has 0 aliphatic carbocycles. The molecule has 0 saturated carbocycles. The van der Waals surface area contributed by atoms with Crippen LogP contribution in [0.15, 0.2) is 28.2 Å². The Kier molecular flexibility index (Phi) is 4.25. The van der Waals surface area contributed by atoms with E-state index in [2.05, 4.69) is 49.6 Å². The molecule has 0 amide bonds. The van der Waals surface area contributed by atoms with Gasteiger partial charge in [0, 0.05) is 28.1 Å². The average Bonchev–Trinajstić information content (AvgIpc) is 2.72. The molecule has 0 bridgehead atoms. The number of aryl methyl sites for hydroxylation is 1. The Morgan fingerprint density at radius 3 is 2.94 bits per heavy atom. The molecule has 1 N–H and O–H groups in total. The Morgan fingerprint density at radius 2 is 2.29 bits per heavy atom. The van der Waals surface area contributed by atoms with Crippen molar-refractivity contribution in [3.05, 3.63) is 44.6 Å². The lowest BCUT2D eigenvalue weighted by molar-refractivity contribution is 0.572. The SMILES string of the molecule is Cc1nccc(CNC(C)c2sccc2Br)n1. The molecule has 0 aliphatic rings. The Balaban J connectivity index is 1.97. The normalized spacial score (nSPS) is 12.6. The van der Waals surface area contributed by atoms with Gasteiger partial charge in [-0.15, -0.1) is 11.3 Å². The fourth-order valence-corrected chi connectivity index (χ4v) is 3.32. The molecule has 0 saturated heterocycles. The van der Waals surface area contributed by atoms with Crippen LogP contribution in [-0.4, -0.2) is 9.97 Å². The zero-order valence-electron chi connectivity index (χ0n) is 9.77. The van der Waals surface area contributed by atoms with Crippen molar-refractivity contribution < 1.29 is 0 Å². The predicted molar refractivity (Wildman–Crippen MR) is 74.0 cm³/mol. The van der Waals surface area contributed by atoms with E-state index in [1.54, 1.807) is 17.5 Å². The number of aromatic nitrogens is 2. The molecule has 2 rings (SSSR count). The van der Waals surface area contributed by atoms with Crippen molar-refractivity contribution >= 4 is 27.3 Å². The van der Waals surface area contributed by atoms with Crippen molar-refractivity contribution in [1.82, 2.24) is 15.3 Å². The van der Waals surface area contributed by atoms with Crippen LogP contribution in [0.2, 0.25) is 0 Å². The second-order valence-electron chi connectivity index (χ2n) is 3.83. The monoisotopic (exact) mass is 311 g/mol. The summed E-state index contributed by atoms with van der Waals surface area (Å²) in [5.74, 6) is 0.814. The maximum Gasteiger partial charge on any atom is 0.125 e. The molecule has 2 aromatic rings. The topological polar surface area (TPSA) is 37.8 Å². The van der Waals surface area contributed by atoms with Crippen LogP contribution >= 0.6 is 27.3 Å². The van der Waals surface area contributed by atoms with Crippen LogP contribution in [0.5, 0.6) is 0 Å². The van der Waals surface area contributed by atoms with Crippen LogP contribution in [0.25, 0.3) is 0 Å². The maximum absolute atomic E-state index is 4.37. The van der Waals surface area contributed by atoms with E-state index < -0.39 is 0 Å². The van der Waals surface area contributed by atoms with E-state index in [-0.39, 0.29) is 0 Å². The first-order valence-electron chi connectivity index (χ1n) is 5.41. The van der Waals surface area contributed by atoms with E-state index >= 15 is 0 Å². The third kappa shape index (κ3) is 3.34. The summed E-state index contributed by atoms with van der Waals surface area (Å²) in [5.41, 5.74) is 1.03. The fourth-order valence-electron chi connectivity index (χ4n) is 1.57. The van der Waals surface area contributed by atoms with Crippen LogP contribution in [-0.2, 0) is 6.54 Å². The molecule has 3 nitrogen and oxygen atoms in total. The van der Waals surface area contributed by atoms with Crippen LogP contribution < -0.4 is 5.32 Å². The minimum absolute atomic E-state index is 0.319. The number of thiophene rings is 1. The number of hydrogen-bond acceptors (Lipinski definition) is 4. The van der Waals surface area contributed by atoms with Crippen LogP contribution in [0.1, 0.15) is 29.4 Å². The van der Waals surface area contributed by atoms with Crippen molar-refractivity contribution in [2.24, 2.45) is 0 Å². The molecule has 90 valence electrons. The highest BCUT2D eigenvalue weighted by Gasteiger charge is 2.10. The zero-order chi connectivity index (χ0) is 12.3. The lowest BCUT2D eigenvalue weighted by Gasteiger charge is -2.12. The van der Waals surface area contributed by atoms with Crippen LogP contribution in [0, 0.1) is 6.92 Å². The van der Waals surface area contributed by atoms with Crippen molar-refractivity contribution in [3.8, 4) is 0 Å². The Bertz CT molecular complexity index is 498. The lowest BCUT2D eigenvalue weighted by Crippen LogP contribution is -2.18. The van der Waals surface area contributed by atoms with E-state index in [4.69, 9.17) is 0 Å². The van der Waals surface area contributed by atoms with Gasteiger partial charge in [-0.3, -0.25) is 0 Å². The second-order valence-corrected chi connectivity index (χ2v) is 5.63. The number of nitrogens with one attached hydrogen (secondary N) is 1. The fraction of sp³-hybridized carbons (Fsp3) is 0.333. The van der Waals surface area contributed by atoms with Crippen molar-refractivity contribution in [1.29, 1.82) is 0 Å². The van der Waals surface area contributed by atoms with Crippen LogP contribution in [0.4, 0.5) is 0 Å². The number of rotatable bonds is 4. The number of nitrogens with zero attached hydrogens (tertiary/aromatic N) is 2. The third-order valence-corrected chi connectivity index (χ3v) is 4.51. The summed E-state index contributed by atoms with van der Waals surface area (Å²) in [6.45, 7) is 4.82. The van der Waals surface area contributed by atoms with Gasteiger partial charge >= 0.3 is 0 Å². The summed E-state index contributed by atoms with van der Waals surface area (Å²) < 4.78 is 1.17. The molecule has 0 aromatic carbocycles. The number of halogens is 1. The highest BCUT2D eigenvalue weighted by molar-refractivity contribution is 9.10. The second kappa shape index (κ2) is 5.71. The third-order valence-electron chi connectivity index (χ3n) is 2.46. The summed E-state index contributed by atoms with van der Waals surface area (Å²) >= 11 is 5.30. The maximum atomic E-state index is 4.37. The first-order valence-corrected chi connectivity index (χ1v) is 7.09.